The van der Waals surface area contributed by atoms with E-state index in [0.717, 1.165) is 11.3 Å². The molecule has 0 spiro atoms. The van der Waals surface area contributed by atoms with E-state index in [-0.39, 0.29) is 6.04 Å². The van der Waals surface area contributed by atoms with E-state index in [1.54, 1.807) is 17.5 Å². The monoisotopic (exact) mass is 395 g/mol. The van der Waals surface area contributed by atoms with Crippen LogP contribution in [-0.4, -0.2) is 4.98 Å². The van der Waals surface area contributed by atoms with Crippen LogP contribution in [0.5, 0.6) is 0 Å². The molecular formula is C22H20ClN2OS+. The third kappa shape index (κ3) is 4.30. The molecular weight excluding hydrogens is 376 g/mol. The van der Waals surface area contributed by atoms with Crippen LogP contribution in [0.3, 0.4) is 0 Å². The van der Waals surface area contributed by atoms with Crippen molar-refractivity contribution in [2.75, 3.05) is 0 Å². The first kappa shape index (κ1) is 18.0. The van der Waals surface area contributed by atoms with Crippen LogP contribution in [0.15, 0.2) is 76.7 Å². The Kier molecular flexibility index (Phi) is 5.39. The highest BCUT2D eigenvalue weighted by Crippen LogP contribution is 2.24. The lowest BCUT2D eigenvalue weighted by Gasteiger charge is -2.14. The van der Waals surface area contributed by atoms with Crippen molar-refractivity contribution in [3.63, 3.8) is 0 Å². The van der Waals surface area contributed by atoms with Gasteiger partial charge in [-0.2, -0.15) is 0 Å². The van der Waals surface area contributed by atoms with Crippen molar-refractivity contribution in [3.05, 3.63) is 99.2 Å². The number of oxazole rings is 1. The molecule has 4 rings (SSSR count). The number of quaternary nitrogens is 1. The normalized spacial score (nSPS) is 12.2. The summed E-state index contributed by atoms with van der Waals surface area (Å²) in [6.07, 6.45) is 1.78. The molecule has 5 heteroatoms. The second-order valence-electron chi connectivity index (χ2n) is 6.47. The average Bonchev–Trinajstić information content (AvgIpc) is 3.36. The summed E-state index contributed by atoms with van der Waals surface area (Å²) in [5.41, 5.74) is 3.53. The molecule has 0 amide bonds. The van der Waals surface area contributed by atoms with Crippen molar-refractivity contribution in [2.24, 2.45) is 0 Å². The Labute approximate surface area is 167 Å². The Balaban J connectivity index is 1.51. The van der Waals surface area contributed by atoms with Gasteiger partial charge in [-0.1, -0.05) is 47.5 Å². The van der Waals surface area contributed by atoms with Gasteiger partial charge in [-0.25, -0.2) is 4.98 Å². The molecule has 2 heterocycles. The molecule has 0 saturated carbocycles. The van der Waals surface area contributed by atoms with Crippen LogP contribution in [0.1, 0.15) is 27.9 Å². The SMILES string of the molecule is Cc1ccc([C@H]([NH2+]Cc2ncc(-c3ccc(Cl)cc3)o2)c2cccs2)cc1. The molecule has 2 N–H and O–H groups in total. The van der Waals surface area contributed by atoms with Crippen LogP contribution in [-0.2, 0) is 6.54 Å². The van der Waals surface area contributed by atoms with Crippen LogP contribution >= 0.6 is 22.9 Å². The number of hydrogen-bond acceptors (Lipinski definition) is 3. The third-order valence-corrected chi connectivity index (χ3v) is 5.70. The maximum Gasteiger partial charge on any atom is 0.250 e. The van der Waals surface area contributed by atoms with Gasteiger partial charge >= 0.3 is 0 Å². The topological polar surface area (TPSA) is 42.6 Å². The standard InChI is InChI=1S/C22H19ClN2OS/c1-15-4-6-17(7-5-15)22(20-3-2-12-27-20)25-14-21-24-13-19(26-21)16-8-10-18(23)11-9-16/h2-13,22,25H,14H2,1H3/p+1/t22-/m0/s1. The highest BCUT2D eigenvalue weighted by atomic mass is 35.5. The molecule has 2 aromatic heterocycles. The summed E-state index contributed by atoms with van der Waals surface area (Å²) in [7, 11) is 0. The minimum absolute atomic E-state index is 0.233. The Hall–Kier alpha value is -2.40. The first-order chi connectivity index (χ1) is 13.2. The summed E-state index contributed by atoms with van der Waals surface area (Å²) >= 11 is 7.73. The van der Waals surface area contributed by atoms with Gasteiger partial charge in [-0.3, -0.25) is 0 Å². The fourth-order valence-electron chi connectivity index (χ4n) is 3.03. The molecule has 0 saturated heterocycles. The molecule has 0 bridgehead atoms. The van der Waals surface area contributed by atoms with Crippen molar-refractivity contribution >= 4 is 22.9 Å². The number of hydrogen-bond donors (Lipinski definition) is 1. The van der Waals surface area contributed by atoms with E-state index in [4.69, 9.17) is 16.0 Å². The lowest BCUT2D eigenvalue weighted by molar-refractivity contribution is -0.703. The number of rotatable bonds is 6. The van der Waals surface area contributed by atoms with Gasteiger partial charge in [0.05, 0.1) is 11.1 Å². The number of nitrogens with two attached hydrogens (primary N) is 1. The zero-order valence-corrected chi connectivity index (χ0v) is 16.5. The first-order valence-electron chi connectivity index (χ1n) is 8.83. The minimum Gasteiger partial charge on any atom is -0.435 e. The highest BCUT2D eigenvalue weighted by Gasteiger charge is 2.20. The number of thiophene rings is 1. The summed E-state index contributed by atoms with van der Waals surface area (Å²) in [4.78, 5) is 5.77. The van der Waals surface area contributed by atoms with Crippen molar-refractivity contribution in [3.8, 4) is 11.3 Å². The van der Waals surface area contributed by atoms with E-state index in [2.05, 4.69) is 59.0 Å². The number of aryl methyl sites for hydroxylation is 1. The number of nitrogens with zero attached hydrogens (tertiary/aromatic N) is 1. The van der Waals surface area contributed by atoms with E-state index >= 15 is 0 Å². The Morgan fingerprint density at radius 3 is 2.56 bits per heavy atom. The van der Waals surface area contributed by atoms with Crippen molar-refractivity contribution in [1.82, 2.24) is 4.98 Å². The Morgan fingerprint density at radius 1 is 1.07 bits per heavy atom. The number of benzene rings is 2. The van der Waals surface area contributed by atoms with Gasteiger partial charge < -0.3 is 9.73 Å². The minimum atomic E-state index is 0.233. The van der Waals surface area contributed by atoms with E-state index in [0.29, 0.717) is 17.5 Å². The summed E-state index contributed by atoms with van der Waals surface area (Å²) < 4.78 is 5.95. The molecule has 1 atom stereocenters. The molecule has 0 fully saturated rings. The molecule has 27 heavy (non-hydrogen) atoms. The third-order valence-electron chi connectivity index (χ3n) is 4.50. The molecule has 0 aliphatic carbocycles. The molecule has 3 nitrogen and oxygen atoms in total. The van der Waals surface area contributed by atoms with Crippen molar-refractivity contribution in [1.29, 1.82) is 0 Å². The predicted molar refractivity (Wildman–Crippen MR) is 110 cm³/mol. The summed E-state index contributed by atoms with van der Waals surface area (Å²) in [5, 5.41) is 5.10. The van der Waals surface area contributed by atoms with Crippen LogP contribution in [0.4, 0.5) is 0 Å². The quantitative estimate of drug-likeness (QED) is 0.486. The summed E-state index contributed by atoms with van der Waals surface area (Å²) in [6, 6.07) is 20.8. The second-order valence-corrected chi connectivity index (χ2v) is 7.88. The van der Waals surface area contributed by atoms with Crippen LogP contribution in [0.2, 0.25) is 5.02 Å². The zero-order valence-electron chi connectivity index (χ0n) is 14.9. The van der Waals surface area contributed by atoms with E-state index < -0.39 is 0 Å². The molecule has 2 aromatic carbocycles. The van der Waals surface area contributed by atoms with Crippen molar-refractivity contribution in [2.45, 2.75) is 19.5 Å². The second kappa shape index (κ2) is 8.09. The van der Waals surface area contributed by atoms with E-state index in [9.17, 15) is 0 Å². The fraction of sp³-hybridized carbons (Fsp3) is 0.136. The molecule has 0 radical (unpaired) electrons. The van der Waals surface area contributed by atoms with E-state index in [1.807, 2.05) is 24.3 Å². The Bertz CT molecular complexity index is 992. The van der Waals surface area contributed by atoms with Crippen LogP contribution < -0.4 is 5.32 Å². The zero-order chi connectivity index (χ0) is 18.6. The molecule has 136 valence electrons. The van der Waals surface area contributed by atoms with Gasteiger partial charge in [0.15, 0.2) is 12.3 Å². The van der Waals surface area contributed by atoms with Gasteiger partial charge in [0.25, 0.3) is 5.89 Å². The molecule has 0 unspecified atom stereocenters. The number of halogens is 1. The molecule has 0 aliphatic rings. The lowest BCUT2D eigenvalue weighted by Crippen LogP contribution is -2.83. The fourth-order valence-corrected chi connectivity index (χ4v) is 4.01. The Morgan fingerprint density at radius 2 is 1.85 bits per heavy atom. The smallest absolute Gasteiger partial charge is 0.250 e. The highest BCUT2D eigenvalue weighted by molar-refractivity contribution is 7.10. The average molecular weight is 396 g/mol. The van der Waals surface area contributed by atoms with Gasteiger partial charge in [0.2, 0.25) is 0 Å². The maximum absolute atomic E-state index is 5.96. The van der Waals surface area contributed by atoms with Gasteiger partial charge in [-0.05, 0) is 42.6 Å². The van der Waals surface area contributed by atoms with Gasteiger partial charge in [-0.15, -0.1) is 11.3 Å². The largest absolute Gasteiger partial charge is 0.435 e. The first-order valence-corrected chi connectivity index (χ1v) is 10.1. The van der Waals surface area contributed by atoms with Crippen molar-refractivity contribution < 1.29 is 9.73 Å². The van der Waals surface area contributed by atoms with Crippen LogP contribution in [0, 0.1) is 6.92 Å². The summed E-state index contributed by atoms with van der Waals surface area (Å²) in [6.45, 7) is 2.78. The molecule has 0 aliphatic heterocycles. The van der Waals surface area contributed by atoms with Gasteiger partial charge in [0, 0.05) is 16.1 Å². The predicted octanol–water partition coefficient (Wildman–Crippen LogP) is 5.22. The van der Waals surface area contributed by atoms with Gasteiger partial charge in [0.1, 0.15) is 6.04 Å². The van der Waals surface area contributed by atoms with Crippen LogP contribution in [0.25, 0.3) is 11.3 Å². The summed E-state index contributed by atoms with van der Waals surface area (Å²) in [5.74, 6) is 1.48. The van der Waals surface area contributed by atoms with E-state index in [1.165, 1.54) is 16.0 Å². The number of aromatic nitrogens is 1. The molecule has 4 aromatic rings. The lowest BCUT2D eigenvalue weighted by atomic mass is 10.0. The maximum atomic E-state index is 5.96.